The maximum Gasteiger partial charge on any atom is 0.294 e. The molecule has 10 heteroatoms. The lowest BCUT2D eigenvalue weighted by molar-refractivity contribution is 0.481. The summed E-state index contributed by atoms with van der Waals surface area (Å²) in [5.41, 5.74) is 2.35. The molecule has 1 heterocycles. The van der Waals surface area contributed by atoms with Crippen LogP contribution < -0.4 is 5.32 Å². The number of anilines is 2. The molecule has 0 fully saturated rings. The SMILES string of the molecule is Cc1sc(Nc2ccc(S(=O)(=O)O)cc2)cc1-c1ccc(S(=O)(=O)O)cc1. The molecule has 0 unspecified atom stereocenters. The van der Waals surface area contributed by atoms with Gasteiger partial charge in [-0.05, 0) is 60.5 Å². The lowest BCUT2D eigenvalue weighted by Crippen LogP contribution is -1.97. The van der Waals surface area contributed by atoms with Gasteiger partial charge in [0, 0.05) is 10.6 Å². The molecule has 142 valence electrons. The molecule has 0 saturated heterocycles. The van der Waals surface area contributed by atoms with Crippen molar-refractivity contribution in [2.24, 2.45) is 0 Å². The summed E-state index contributed by atoms with van der Waals surface area (Å²) in [6.07, 6.45) is 0. The molecule has 3 aromatic rings. The molecule has 1 aromatic heterocycles. The summed E-state index contributed by atoms with van der Waals surface area (Å²) in [5.74, 6) is 0. The minimum absolute atomic E-state index is 0.170. The van der Waals surface area contributed by atoms with Crippen molar-refractivity contribution in [3.05, 3.63) is 59.5 Å². The van der Waals surface area contributed by atoms with Crippen molar-refractivity contribution in [3.63, 3.8) is 0 Å². The molecule has 0 bridgehead atoms. The van der Waals surface area contributed by atoms with Crippen LogP contribution in [0.4, 0.5) is 10.7 Å². The van der Waals surface area contributed by atoms with Crippen LogP contribution in [0.2, 0.25) is 0 Å². The Morgan fingerprint density at radius 2 is 1.30 bits per heavy atom. The van der Waals surface area contributed by atoms with E-state index in [9.17, 15) is 16.8 Å². The maximum atomic E-state index is 11.1. The van der Waals surface area contributed by atoms with Gasteiger partial charge in [0.25, 0.3) is 20.2 Å². The molecular weight excluding hydrogens is 410 g/mol. The highest BCUT2D eigenvalue weighted by atomic mass is 32.2. The summed E-state index contributed by atoms with van der Waals surface area (Å²) in [7, 11) is -8.46. The Hall–Kier alpha value is -2.24. The van der Waals surface area contributed by atoms with E-state index in [0.717, 1.165) is 21.0 Å². The molecule has 2 aromatic carbocycles. The molecule has 3 rings (SSSR count). The Bertz CT molecular complexity index is 1180. The number of nitrogens with one attached hydrogen (secondary N) is 1. The number of hydrogen-bond donors (Lipinski definition) is 3. The Balaban J connectivity index is 1.84. The number of aryl methyl sites for hydroxylation is 1. The van der Waals surface area contributed by atoms with Gasteiger partial charge in [0.1, 0.15) is 0 Å². The molecule has 0 atom stereocenters. The summed E-state index contributed by atoms with van der Waals surface area (Å²) < 4.78 is 62.5. The van der Waals surface area contributed by atoms with Gasteiger partial charge in [-0.25, -0.2) is 0 Å². The second-order valence-corrected chi connectivity index (χ2v) is 9.80. The first kappa shape index (κ1) is 19.5. The van der Waals surface area contributed by atoms with Gasteiger partial charge in [-0.1, -0.05) is 12.1 Å². The fraction of sp³-hybridized carbons (Fsp3) is 0.0588. The number of thiophene rings is 1. The van der Waals surface area contributed by atoms with Crippen LogP contribution >= 0.6 is 11.3 Å². The van der Waals surface area contributed by atoms with E-state index in [2.05, 4.69) is 5.32 Å². The third kappa shape index (κ3) is 4.54. The summed E-state index contributed by atoms with van der Waals surface area (Å²) >= 11 is 1.48. The van der Waals surface area contributed by atoms with Crippen LogP contribution in [0.3, 0.4) is 0 Å². The Morgan fingerprint density at radius 1 is 0.815 bits per heavy atom. The minimum Gasteiger partial charge on any atom is -0.347 e. The van der Waals surface area contributed by atoms with Crippen molar-refractivity contribution >= 4 is 42.3 Å². The molecule has 0 aliphatic rings. The van der Waals surface area contributed by atoms with Crippen LogP contribution in [0.25, 0.3) is 11.1 Å². The smallest absolute Gasteiger partial charge is 0.294 e. The average Bonchev–Trinajstić information content (AvgIpc) is 2.94. The highest BCUT2D eigenvalue weighted by molar-refractivity contribution is 7.86. The molecular formula is C17H15NO6S3. The van der Waals surface area contributed by atoms with Gasteiger partial charge in [0.15, 0.2) is 0 Å². The van der Waals surface area contributed by atoms with E-state index < -0.39 is 20.2 Å². The predicted molar refractivity (Wildman–Crippen MR) is 104 cm³/mol. The van der Waals surface area contributed by atoms with Crippen molar-refractivity contribution in [1.29, 1.82) is 0 Å². The quantitative estimate of drug-likeness (QED) is 0.529. The fourth-order valence-corrected chi connectivity index (χ4v) is 4.41. The first-order valence-electron chi connectivity index (χ1n) is 7.57. The standard InChI is InChI=1S/C17H15NO6S3/c1-11-16(12-2-6-14(7-3-12)26(19,20)21)10-17(25-11)18-13-4-8-15(9-5-13)27(22,23)24/h2-10,18H,1H3,(H,19,20,21)(H,22,23,24). The van der Waals surface area contributed by atoms with Crippen LogP contribution in [-0.2, 0) is 20.2 Å². The predicted octanol–water partition coefficient (Wildman–Crippen LogP) is 3.96. The molecule has 0 aliphatic heterocycles. The van der Waals surface area contributed by atoms with Crippen molar-refractivity contribution in [2.45, 2.75) is 16.7 Å². The fourth-order valence-electron chi connectivity index (χ4n) is 2.49. The van der Waals surface area contributed by atoms with E-state index in [1.807, 2.05) is 13.0 Å². The van der Waals surface area contributed by atoms with E-state index in [0.29, 0.717) is 5.69 Å². The number of hydrogen-bond acceptors (Lipinski definition) is 6. The monoisotopic (exact) mass is 425 g/mol. The van der Waals surface area contributed by atoms with Gasteiger partial charge in [-0.3, -0.25) is 9.11 Å². The average molecular weight is 426 g/mol. The highest BCUT2D eigenvalue weighted by Gasteiger charge is 2.13. The van der Waals surface area contributed by atoms with Crippen molar-refractivity contribution < 1.29 is 25.9 Å². The Morgan fingerprint density at radius 3 is 1.78 bits per heavy atom. The summed E-state index contributed by atoms with van der Waals surface area (Å²) in [6.45, 7) is 1.92. The van der Waals surface area contributed by atoms with Gasteiger partial charge in [0.2, 0.25) is 0 Å². The minimum atomic E-state index is -4.23. The molecule has 0 radical (unpaired) electrons. The van der Waals surface area contributed by atoms with Gasteiger partial charge >= 0.3 is 0 Å². The zero-order valence-electron chi connectivity index (χ0n) is 13.9. The van der Waals surface area contributed by atoms with Crippen molar-refractivity contribution in [3.8, 4) is 11.1 Å². The van der Waals surface area contributed by atoms with E-state index >= 15 is 0 Å². The van der Waals surface area contributed by atoms with Crippen LogP contribution in [0.5, 0.6) is 0 Å². The van der Waals surface area contributed by atoms with Crippen molar-refractivity contribution in [2.75, 3.05) is 5.32 Å². The third-order valence-corrected chi connectivity index (χ3v) is 6.50. The topological polar surface area (TPSA) is 121 Å². The molecule has 3 N–H and O–H groups in total. The van der Waals surface area contributed by atoms with Crippen LogP contribution in [0, 0.1) is 6.92 Å². The van der Waals surface area contributed by atoms with Gasteiger partial charge in [-0.15, -0.1) is 11.3 Å². The van der Waals surface area contributed by atoms with Crippen LogP contribution in [0.1, 0.15) is 4.88 Å². The molecule has 0 saturated carbocycles. The molecule has 27 heavy (non-hydrogen) atoms. The normalized spacial score (nSPS) is 12.1. The third-order valence-electron chi connectivity index (χ3n) is 3.80. The largest absolute Gasteiger partial charge is 0.347 e. The molecule has 0 spiro atoms. The van der Waals surface area contributed by atoms with E-state index in [-0.39, 0.29) is 9.79 Å². The first-order chi connectivity index (χ1) is 12.5. The lowest BCUT2D eigenvalue weighted by atomic mass is 10.1. The molecule has 0 aliphatic carbocycles. The second-order valence-electron chi connectivity index (χ2n) is 5.70. The van der Waals surface area contributed by atoms with E-state index in [1.54, 1.807) is 24.3 Å². The van der Waals surface area contributed by atoms with Crippen LogP contribution in [-0.4, -0.2) is 25.9 Å². The Kier molecular flexibility index (Phi) is 5.10. The van der Waals surface area contributed by atoms with Crippen molar-refractivity contribution in [1.82, 2.24) is 0 Å². The highest BCUT2D eigenvalue weighted by Crippen LogP contribution is 2.36. The maximum absolute atomic E-state index is 11.1. The zero-order valence-corrected chi connectivity index (χ0v) is 16.4. The van der Waals surface area contributed by atoms with E-state index in [1.165, 1.54) is 35.6 Å². The van der Waals surface area contributed by atoms with Crippen LogP contribution in [0.15, 0.2) is 64.4 Å². The zero-order chi connectivity index (χ0) is 19.8. The first-order valence-corrected chi connectivity index (χ1v) is 11.3. The summed E-state index contributed by atoms with van der Waals surface area (Å²) in [6, 6.07) is 13.5. The van der Waals surface area contributed by atoms with Gasteiger partial charge in [-0.2, -0.15) is 16.8 Å². The summed E-state index contributed by atoms with van der Waals surface area (Å²) in [4.78, 5) is 0.637. The number of rotatable bonds is 5. The van der Waals surface area contributed by atoms with E-state index in [4.69, 9.17) is 9.11 Å². The van der Waals surface area contributed by atoms with Gasteiger partial charge < -0.3 is 5.32 Å². The molecule has 0 amide bonds. The lowest BCUT2D eigenvalue weighted by Gasteiger charge is -2.04. The number of benzene rings is 2. The summed E-state index contributed by atoms with van der Waals surface area (Å²) in [5, 5.41) is 3.96. The molecule has 7 nitrogen and oxygen atoms in total. The Labute approximate surface area is 160 Å². The second kappa shape index (κ2) is 7.06. The van der Waals surface area contributed by atoms with Gasteiger partial charge in [0.05, 0.1) is 14.8 Å².